The summed E-state index contributed by atoms with van der Waals surface area (Å²) in [5.41, 5.74) is 2.56. The Bertz CT molecular complexity index is 972. The molecule has 0 bridgehead atoms. The quantitative estimate of drug-likeness (QED) is 0.585. The number of ketones is 1. The number of halogens is 1. The van der Waals surface area contributed by atoms with Crippen LogP contribution in [0.15, 0.2) is 60.9 Å². The molecule has 0 fully saturated rings. The van der Waals surface area contributed by atoms with E-state index < -0.39 is 0 Å². The van der Waals surface area contributed by atoms with E-state index in [2.05, 4.69) is 20.6 Å². The van der Waals surface area contributed by atoms with Crippen LogP contribution >= 0.6 is 11.6 Å². The van der Waals surface area contributed by atoms with Gasteiger partial charge in [0.2, 0.25) is 5.95 Å². The number of aromatic nitrogens is 2. The number of nitrogens with zero attached hydrogens (tertiary/aromatic N) is 2. The lowest BCUT2D eigenvalue weighted by Gasteiger charge is -2.08. The Kier molecular flexibility index (Phi) is 6.34. The molecule has 3 rings (SSSR count). The molecule has 0 aliphatic heterocycles. The maximum atomic E-state index is 12.3. The summed E-state index contributed by atoms with van der Waals surface area (Å²) >= 11 is 5.87. The van der Waals surface area contributed by atoms with Gasteiger partial charge in [0.25, 0.3) is 5.91 Å². The first-order chi connectivity index (χ1) is 13.5. The van der Waals surface area contributed by atoms with Gasteiger partial charge in [-0.2, -0.15) is 0 Å². The van der Waals surface area contributed by atoms with Crippen LogP contribution in [-0.4, -0.2) is 28.2 Å². The number of hydrogen-bond acceptors (Lipinski definition) is 5. The summed E-state index contributed by atoms with van der Waals surface area (Å²) < 4.78 is 0. The smallest absolute Gasteiger partial charge is 0.258 e. The van der Waals surface area contributed by atoms with Gasteiger partial charge >= 0.3 is 0 Å². The fourth-order valence-electron chi connectivity index (χ4n) is 2.53. The highest BCUT2D eigenvalue weighted by molar-refractivity contribution is 6.30. The fraction of sp³-hybridized carbons (Fsp3) is 0.143. The minimum absolute atomic E-state index is 0.0616. The molecule has 0 saturated heterocycles. The third-order valence-corrected chi connectivity index (χ3v) is 4.30. The molecule has 0 aliphatic carbocycles. The fourth-order valence-corrected chi connectivity index (χ4v) is 2.65. The number of nitrogens with one attached hydrogen (secondary N) is 2. The van der Waals surface area contributed by atoms with E-state index in [0.29, 0.717) is 34.3 Å². The molecule has 142 valence electrons. The summed E-state index contributed by atoms with van der Waals surface area (Å²) in [6.45, 7) is 2.14. The van der Waals surface area contributed by atoms with Gasteiger partial charge in [0.1, 0.15) is 0 Å². The number of carbonyl (C=O) groups is 2. The van der Waals surface area contributed by atoms with E-state index >= 15 is 0 Å². The van der Waals surface area contributed by atoms with Crippen LogP contribution < -0.4 is 10.6 Å². The predicted octanol–water partition coefficient (Wildman–Crippen LogP) is 4.24. The second-order valence-electron chi connectivity index (χ2n) is 6.19. The van der Waals surface area contributed by atoms with Gasteiger partial charge in [-0.05, 0) is 43.2 Å². The SMILES string of the molecule is CC(=O)c1cccc(NC(=O)c2cnc(NCCc3ccc(Cl)cc3)nc2)c1. The van der Waals surface area contributed by atoms with Crippen molar-refractivity contribution in [2.75, 3.05) is 17.2 Å². The minimum Gasteiger partial charge on any atom is -0.354 e. The molecule has 0 saturated carbocycles. The van der Waals surface area contributed by atoms with Gasteiger partial charge in [-0.25, -0.2) is 9.97 Å². The van der Waals surface area contributed by atoms with Gasteiger partial charge in [0.05, 0.1) is 5.56 Å². The number of rotatable bonds is 7. The Morgan fingerprint density at radius 1 is 1.00 bits per heavy atom. The van der Waals surface area contributed by atoms with Crippen molar-refractivity contribution in [2.24, 2.45) is 0 Å². The normalized spacial score (nSPS) is 10.4. The van der Waals surface area contributed by atoms with Crippen molar-refractivity contribution in [2.45, 2.75) is 13.3 Å². The lowest BCUT2D eigenvalue weighted by atomic mass is 10.1. The van der Waals surface area contributed by atoms with Crippen LogP contribution in [0.2, 0.25) is 5.02 Å². The predicted molar refractivity (Wildman–Crippen MR) is 110 cm³/mol. The van der Waals surface area contributed by atoms with Gasteiger partial charge in [-0.3, -0.25) is 9.59 Å². The first kappa shape index (κ1) is 19.5. The van der Waals surface area contributed by atoms with Crippen molar-refractivity contribution in [3.8, 4) is 0 Å². The van der Waals surface area contributed by atoms with Gasteiger partial charge in [0, 0.05) is 35.2 Å². The van der Waals surface area contributed by atoms with Crippen molar-refractivity contribution >= 4 is 34.9 Å². The van der Waals surface area contributed by atoms with E-state index in [4.69, 9.17) is 11.6 Å². The van der Waals surface area contributed by atoms with Crippen molar-refractivity contribution in [3.63, 3.8) is 0 Å². The molecule has 1 amide bonds. The van der Waals surface area contributed by atoms with Gasteiger partial charge < -0.3 is 10.6 Å². The largest absolute Gasteiger partial charge is 0.354 e. The third-order valence-electron chi connectivity index (χ3n) is 4.05. The van der Waals surface area contributed by atoms with E-state index in [1.165, 1.54) is 19.3 Å². The number of anilines is 2. The van der Waals surface area contributed by atoms with E-state index in [0.717, 1.165) is 12.0 Å². The molecule has 0 radical (unpaired) electrons. The topological polar surface area (TPSA) is 84.0 Å². The molecule has 28 heavy (non-hydrogen) atoms. The standard InChI is InChI=1S/C21H19ClN4O2/c1-14(27)16-3-2-4-19(11-16)26-20(28)17-12-24-21(25-13-17)23-10-9-15-5-7-18(22)8-6-15/h2-8,11-13H,9-10H2,1H3,(H,26,28)(H,23,24,25). The van der Waals surface area contributed by atoms with Crippen LogP contribution in [-0.2, 0) is 6.42 Å². The zero-order valence-corrected chi connectivity index (χ0v) is 16.0. The molecule has 0 unspecified atom stereocenters. The Morgan fingerprint density at radius 2 is 1.71 bits per heavy atom. The van der Waals surface area contributed by atoms with Crippen LogP contribution in [0.5, 0.6) is 0 Å². The summed E-state index contributed by atoms with van der Waals surface area (Å²) in [5, 5.41) is 6.57. The zero-order chi connectivity index (χ0) is 19.9. The van der Waals surface area contributed by atoms with Crippen molar-refractivity contribution in [1.29, 1.82) is 0 Å². The van der Waals surface area contributed by atoms with Gasteiger partial charge in [-0.15, -0.1) is 0 Å². The first-order valence-electron chi connectivity index (χ1n) is 8.74. The summed E-state index contributed by atoms with van der Waals surface area (Å²) in [5.74, 6) is 0.0472. The number of hydrogen-bond donors (Lipinski definition) is 2. The van der Waals surface area contributed by atoms with Crippen molar-refractivity contribution in [3.05, 3.63) is 82.6 Å². The maximum Gasteiger partial charge on any atom is 0.258 e. The minimum atomic E-state index is -0.339. The first-order valence-corrected chi connectivity index (χ1v) is 9.12. The molecular formula is C21H19ClN4O2. The monoisotopic (exact) mass is 394 g/mol. The van der Waals surface area contributed by atoms with Crippen molar-refractivity contribution in [1.82, 2.24) is 9.97 Å². The van der Waals surface area contributed by atoms with E-state index in [9.17, 15) is 9.59 Å². The third kappa shape index (κ3) is 5.37. The molecule has 2 N–H and O–H groups in total. The number of benzene rings is 2. The number of Topliss-reactive ketones (excluding diaryl/α,β-unsaturated/α-hetero) is 1. The van der Waals surface area contributed by atoms with E-state index in [1.807, 2.05) is 24.3 Å². The lowest BCUT2D eigenvalue weighted by molar-refractivity contribution is 0.101. The molecule has 1 heterocycles. The summed E-state index contributed by atoms with van der Waals surface area (Å²) in [6.07, 6.45) is 3.72. The van der Waals surface area contributed by atoms with Crippen LogP contribution in [0.25, 0.3) is 0 Å². The molecule has 0 atom stereocenters. The van der Waals surface area contributed by atoms with Crippen molar-refractivity contribution < 1.29 is 9.59 Å². The van der Waals surface area contributed by atoms with E-state index in [1.54, 1.807) is 24.3 Å². The Hall–Kier alpha value is -3.25. The van der Waals surface area contributed by atoms with Crippen LogP contribution in [0.1, 0.15) is 33.2 Å². The maximum absolute atomic E-state index is 12.3. The highest BCUT2D eigenvalue weighted by Gasteiger charge is 2.09. The molecule has 2 aromatic carbocycles. The van der Waals surface area contributed by atoms with Gasteiger partial charge in [0.15, 0.2) is 5.78 Å². The highest BCUT2D eigenvalue weighted by Crippen LogP contribution is 2.13. The Balaban J connectivity index is 1.54. The molecule has 6 nitrogen and oxygen atoms in total. The number of carbonyl (C=O) groups excluding carboxylic acids is 2. The van der Waals surface area contributed by atoms with E-state index in [-0.39, 0.29) is 11.7 Å². The molecule has 0 aliphatic rings. The summed E-state index contributed by atoms with van der Waals surface area (Å²) in [6, 6.07) is 14.4. The average molecular weight is 395 g/mol. The lowest BCUT2D eigenvalue weighted by Crippen LogP contribution is -2.14. The second-order valence-corrected chi connectivity index (χ2v) is 6.63. The highest BCUT2D eigenvalue weighted by atomic mass is 35.5. The molecule has 3 aromatic rings. The molecular weight excluding hydrogens is 376 g/mol. The van der Waals surface area contributed by atoms with Gasteiger partial charge in [-0.1, -0.05) is 35.9 Å². The molecule has 0 spiro atoms. The Morgan fingerprint density at radius 3 is 2.39 bits per heavy atom. The van der Waals surface area contributed by atoms with Crippen LogP contribution in [0, 0.1) is 0 Å². The molecule has 7 heteroatoms. The summed E-state index contributed by atoms with van der Waals surface area (Å²) in [7, 11) is 0. The van der Waals surface area contributed by atoms with Crippen LogP contribution in [0.3, 0.4) is 0 Å². The Labute approximate surface area is 168 Å². The number of amides is 1. The van der Waals surface area contributed by atoms with Crippen LogP contribution in [0.4, 0.5) is 11.6 Å². The molecule has 1 aromatic heterocycles. The second kappa shape index (κ2) is 9.10. The zero-order valence-electron chi connectivity index (χ0n) is 15.3. The average Bonchev–Trinajstić information content (AvgIpc) is 2.70. The summed E-state index contributed by atoms with van der Waals surface area (Å²) in [4.78, 5) is 32.1.